The quantitative estimate of drug-likeness (QED) is 0.385. The molecule has 0 aromatic carbocycles. The minimum absolute atomic E-state index is 0. The van der Waals surface area contributed by atoms with E-state index >= 15 is 0 Å². The zero-order valence-electron chi connectivity index (χ0n) is 2.12. The van der Waals surface area contributed by atoms with Crippen molar-refractivity contribution in [1.29, 1.82) is 0 Å². The first kappa shape index (κ1) is 16.2. The fourth-order valence-corrected chi connectivity index (χ4v) is 0. The molecule has 0 amide bonds. The average molecular weight is 360 g/mol. The molecule has 4 heteroatoms. The van der Waals surface area contributed by atoms with Crippen molar-refractivity contribution in [3.8, 4) is 0 Å². The van der Waals surface area contributed by atoms with Gasteiger partial charge in [-0.2, -0.15) is 0 Å². The van der Waals surface area contributed by atoms with Crippen molar-refractivity contribution in [2.75, 3.05) is 0 Å². The fourth-order valence-electron chi connectivity index (χ4n) is 0. The summed E-state index contributed by atoms with van der Waals surface area (Å²) in [4.78, 5) is 0. The first-order valence-electron chi connectivity index (χ1n) is 0.408. The van der Waals surface area contributed by atoms with Crippen molar-refractivity contribution in [3.63, 3.8) is 0 Å². The van der Waals surface area contributed by atoms with E-state index in [0.717, 1.165) is 0 Å². The van der Waals surface area contributed by atoms with E-state index in [9.17, 15) is 0 Å². The van der Waals surface area contributed by atoms with Gasteiger partial charge >= 0.3 is 71.3 Å². The van der Waals surface area contributed by atoms with Crippen LogP contribution >= 0.6 is 0 Å². The van der Waals surface area contributed by atoms with Crippen LogP contribution in [0.25, 0.3) is 0 Å². The summed E-state index contributed by atoms with van der Waals surface area (Å²) >= 11 is 2.09. The van der Waals surface area contributed by atoms with Crippen molar-refractivity contribution >= 4 is 71.3 Å². The molecule has 4 heavy (non-hydrogen) atoms. The van der Waals surface area contributed by atoms with E-state index in [1.807, 2.05) is 0 Å². The molecule has 0 saturated heterocycles. The van der Waals surface area contributed by atoms with Gasteiger partial charge in [0.15, 0.2) is 0 Å². The Morgan fingerprint density at radius 3 is 1.25 bits per heavy atom. The normalized spacial score (nSPS) is 2.25. The summed E-state index contributed by atoms with van der Waals surface area (Å²) < 4.78 is 0. The van der Waals surface area contributed by atoms with Gasteiger partial charge < -0.3 is 0 Å². The second-order valence-corrected chi connectivity index (χ2v) is 0. The van der Waals surface area contributed by atoms with E-state index in [0.29, 0.717) is 0 Å². The Balaban J connectivity index is -0.00000000500. The molecule has 0 unspecified atom stereocenters. The van der Waals surface area contributed by atoms with Crippen molar-refractivity contribution in [2.45, 2.75) is 0 Å². The summed E-state index contributed by atoms with van der Waals surface area (Å²) in [6.07, 6.45) is 0. The number of hydrogen-bond donors (Lipinski definition) is 0. The zero-order chi connectivity index (χ0) is 2.00. The predicted octanol–water partition coefficient (Wildman–Crippen LogP) is -4.20. The first-order chi connectivity index (χ1) is 1.00. The van der Waals surface area contributed by atoms with Gasteiger partial charge in [-0.25, -0.2) is 0 Å². The molecule has 0 bridgehead atoms. The molecule has 0 spiro atoms. The first-order valence-corrected chi connectivity index (χ1v) is 8.22. The molecule has 0 aliphatic heterocycles. The topological polar surface area (TPSA) is 0 Å². The third kappa shape index (κ3) is 8.84. The van der Waals surface area contributed by atoms with E-state index < -0.39 is 0 Å². The summed E-state index contributed by atoms with van der Waals surface area (Å²) in [5, 5.41) is 0. The van der Waals surface area contributed by atoms with Gasteiger partial charge in [0.25, 0.3) is 0 Å². The van der Waals surface area contributed by atoms with Gasteiger partial charge in [0.05, 0.1) is 0 Å². The molecule has 0 aliphatic carbocycles. The van der Waals surface area contributed by atoms with Crippen LogP contribution in [0.4, 0.5) is 0 Å². The summed E-state index contributed by atoms with van der Waals surface area (Å²) in [5.41, 5.74) is 0. The summed E-state index contributed by atoms with van der Waals surface area (Å²) in [6.45, 7) is 0. The molecule has 0 fully saturated rings. The Kier molecular flexibility index (Phi) is 73.9. The molecule has 0 aliphatic rings. The van der Waals surface area contributed by atoms with E-state index in [4.69, 9.17) is 0 Å². The molecule has 0 aromatic heterocycles. The Hall–Kier alpha value is 2.37. The van der Waals surface area contributed by atoms with Gasteiger partial charge in [-0.15, -0.1) is 0 Å². The van der Waals surface area contributed by atoms with Crippen LogP contribution in [-0.2, 0) is 0 Å². The van der Waals surface area contributed by atoms with Crippen molar-refractivity contribution in [2.24, 2.45) is 0 Å². The van der Waals surface area contributed by atoms with E-state index in [2.05, 4.69) is 21.5 Å². The van der Waals surface area contributed by atoms with Crippen LogP contribution in [0.3, 0.4) is 0 Å². The van der Waals surface area contributed by atoms with Crippen LogP contribution in [0.5, 0.6) is 0 Å². The van der Waals surface area contributed by atoms with Gasteiger partial charge in [-0.05, 0) is 0 Å². The Morgan fingerprint density at radius 2 is 1.25 bits per heavy atom. The SMILES string of the molecule is [GeH4].[SbH3].[SiH3][Te]. The van der Waals surface area contributed by atoms with Crippen LogP contribution < -0.4 is 0 Å². The molecular formula is H10GeSbSiTe. The van der Waals surface area contributed by atoms with Crippen molar-refractivity contribution < 1.29 is 0 Å². The van der Waals surface area contributed by atoms with Gasteiger partial charge in [-0.1, -0.05) is 0 Å². The summed E-state index contributed by atoms with van der Waals surface area (Å²) in [5.74, 6) is 0. The molecular weight excluding hydrogens is 350 g/mol. The van der Waals surface area contributed by atoms with Crippen LogP contribution in [0, 0.1) is 0 Å². The third-order valence-corrected chi connectivity index (χ3v) is 0. The summed E-state index contributed by atoms with van der Waals surface area (Å²) in [6, 6.07) is 0. The van der Waals surface area contributed by atoms with Crippen molar-refractivity contribution in [3.05, 3.63) is 0 Å². The van der Waals surface area contributed by atoms with Crippen LogP contribution in [0.1, 0.15) is 0 Å². The van der Waals surface area contributed by atoms with E-state index in [1.54, 1.807) is 0 Å². The molecule has 0 saturated carbocycles. The standard InChI is InChI=1S/GeH4.Sb.H3SiTe.3H/c;;1-2;;;/h1H4;;1H3;;;. The fraction of sp³-hybridized carbons (Fsp3) is 0. The molecule has 29 valence electrons. The molecule has 0 rings (SSSR count). The van der Waals surface area contributed by atoms with Gasteiger partial charge in [0.2, 0.25) is 0 Å². The molecule has 0 atom stereocenters. The zero-order valence-corrected chi connectivity index (χ0v) is 10.5. The van der Waals surface area contributed by atoms with Gasteiger partial charge in [-0.3, -0.25) is 0 Å². The molecule has 0 N–H and O–H groups in total. The minimum atomic E-state index is 0. The Labute approximate surface area is 70.3 Å². The second kappa shape index (κ2) is 18.3. The maximum atomic E-state index is 2.09. The van der Waals surface area contributed by atoms with E-state index in [1.165, 1.54) is 7.79 Å². The van der Waals surface area contributed by atoms with Gasteiger partial charge in [0.1, 0.15) is 0 Å². The number of rotatable bonds is 0. The molecule has 0 aromatic rings. The number of hydrogen-bond acceptors (Lipinski definition) is 0. The van der Waals surface area contributed by atoms with Crippen LogP contribution in [0.15, 0.2) is 0 Å². The Bertz CT molecular complexity index is 8.00. The van der Waals surface area contributed by atoms with Gasteiger partial charge in [0, 0.05) is 0 Å². The third-order valence-electron chi connectivity index (χ3n) is 0. The average Bonchev–Trinajstić information content (AvgIpc) is 1.00. The molecule has 0 nitrogen and oxygen atoms in total. The monoisotopic (exact) mass is 363 g/mol. The summed E-state index contributed by atoms with van der Waals surface area (Å²) in [7, 11) is 1.32. The molecule has 0 heterocycles. The maximum absolute atomic E-state index is 2.09. The second-order valence-electron chi connectivity index (χ2n) is 0. The van der Waals surface area contributed by atoms with Crippen LogP contribution in [0.2, 0.25) is 0 Å². The van der Waals surface area contributed by atoms with Crippen molar-refractivity contribution in [1.82, 2.24) is 0 Å². The van der Waals surface area contributed by atoms with Crippen LogP contribution in [-0.4, -0.2) is 71.3 Å². The molecule has 1 radical (unpaired) electrons. The van der Waals surface area contributed by atoms with E-state index in [-0.39, 0.29) is 42.0 Å². The Morgan fingerprint density at radius 1 is 1.25 bits per heavy atom. The predicted molar refractivity (Wildman–Crippen MR) is 37.0 cm³/mol.